The summed E-state index contributed by atoms with van der Waals surface area (Å²) in [6, 6.07) is 7.44. The third-order valence-electron chi connectivity index (χ3n) is 3.30. The molecule has 0 saturated heterocycles. The van der Waals surface area contributed by atoms with Crippen molar-refractivity contribution in [2.45, 2.75) is 19.4 Å². The summed E-state index contributed by atoms with van der Waals surface area (Å²) >= 11 is 0. The molecular weight excluding hydrogens is 326 g/mol. The zero-order valence-corrected chi connectivity index (χ0v) is 12.6. The second-order valence-electron chi connectivity index (χ2n) is 5.21. The highest BCUT2D eigenvalue weighted by Gasteiger charge is 2.26. The molecule has 126 valence electrons. The first-order valence-corrected chi connectivity index (χ1v) is 7.03. The van der Waals surface area contributed by atoms with Crippen molar-refractivity contribution < 1.29 is 27.2 Å². The van der Waals surface area contributed by atoms with Crippen molar-refractivity contribution in [1.82, 2.24) is 5.32 Å². The van der Waals surface area contributed by atoms with E-state index >= 15 is 0 Å². The largest absolute Gasteiger partial charge is 0.349 e. The Labute approximate surface area is 135 Å². The number of nitrogens with one attached hydrogen (secondary N) is 1. The van der Waals surface area contributed by atoms with Crippen molar-refractivity contribution in [3.05, 3.63) is 70.8 Å². The summed E-state index contributed by atoms with van der Waals surface area (Å²) in [6.45, 7) is 1.43. The molecule has 0 radical (unpaired) electrons. The SMILES string of the molecule is C[C@H](CC(=O)c1ccccc1)NC(=O)c1c(F)c(F)cc(F)c1F. The molecule has 7 heteroatoms. The summed E-state index contributed by atoms with van der Waals surface area (Å²) in [5, 5.41) is 2.16. The van der Waals surface area contributed by atoms with Gasteiger partial charge in [0.15, 0.2) is 29.1 Å². The van der Waals surface area contributed by atoms with Crippen LogP contribution in [-0.4, -0.2) is 17.7 Å². The van der Waals surface area contributed by atoms with Crippen LogP contribution >= 0.6 is 0 Å². The fraction of sp³-hybridized carbons (Fsp3) is 0.176. The van der Waals surface area contributed by atoms with Crippen molar-refractivity contribution in [3.63, 3.8) is 0 Å². The van der Waals surface area contributed by atoms with Crippen LogP contribution in [0.15, 0.2) is 36.4 Å². The number of benzene rings is 2. The molecule has 2 rings (SSSR count). The van der Waals surface area contributed by atoms with E-state index in [2.05, 4.69) is 5.32 Å². The lowest BCUT2D eigenvalue weighted by molar-refractivity contribution is 0.0910. The van der Waals surface area contributed by atoms with Crippen LogP contribution in [0.1, 0.15) is 34.1 Å². The molecule has 0 saturated carbocycles. The van der Waals surface area contributed by atoms with Gasteiger partial charge in [0.1, 0.15) is 5.56 Å². The number of hydrogen-bond donors (Lipinski definition) is 1. The van der Waals surface area contributed by atoms with E-state index in [1.807, 2.05) is 0 Å². The van der Waals surface area contributed by atoms with Crippen LogP contribution in [-0.2, 0) is 0 Å². The average molecular weight is 339 g/mol. The maximum absolute atomic E-state index is 13.6. The van der Waals surface area contributed by atoms with Gasteiger partial charge in [-0.1, -0.05) is 30.3 Å². The van der Waals surface area contributed by atoms with Crippen molar-refractivity contribution in [2.75, 3.05) is 0 Å². The van der Waals surface area contributed by atoms with E-state index in [9.17, 15) is 27.2 Å². The van der Waals surface area contributed by atoms with Gasteiger partial charge in [0.05, 0.1) is 0 Å². The Morgan fingerprint density at radius 1 is 1.00 bits per heavy atom. The molecular formula is C17H13F4NO2. The maximum Gasteiger partial charge on any atom is 0.257 e. The third kappa shape index (κ3) is 3.79. The molecule has 0 aromatic heterocycles. The Bertz CT molecular complexity index is 752. The van der Waals surface area contributed by atoms with Gasteiger partial charge >= 0.3 is 0 Å². The lowest BCUT2D eigenvalue weighted by Crippen LogP contribution is -2.35. The molecule has 0 heterocycles. The molecule has 0 spiro atoms. The number of amides is 1. The smallest absolute Gasteiger partial charge is 0.257 e. The summed E-state index contributed by atoms with van der Waals surface area (Å²) < 4.78 is 53.4. The summed E-state index contributed by atoms with van der Waals surface area (Å²) in [7, 11) is 0. The lowest BCUT2D eigenvalue weighted by atomic mass is 10.0. The van der Waals surface area contributed by atoms with Gasteiger partial charge in [0, 0.05) is 24.1 Å². The zero-order chi connectivity index (χ0) is 17.9. The Morgan fingerprint density at radius 2 is 1.54 bits per heavy atom. The molecule has 1 N–H and O–H groups in total. The van der Waals surface area contributed by atoms with E-state index in [0.29, 0.717) is 5.56 Å². The van der Waals surface area contributed by atoms with Gasteiger partial charge in [0.25, 0.3) is 5.91 Å². The predicted molar refractivity (Wildman–Crippen MR) is 78.6 cm³/mol. The summed E-state index contributed by atoms with van der Waals surface area (Å²) in [5.74, 6) is -8.55. The summed E-state index contributed by atoms with van der Waals surface area (Å²) in [6.07, 6.45) is -0.142. The molecule has 2 aromatic rings. The van der Waals surface area contributed by atoms with Crippen molar-refractivity contribution in [2.24, 2.45) is 0 Å². The number of carbonyl (C=O) groups is 2. The van der Waals surface area contributed by atoms with E-state index < -0.39 is 40.8 Å². The van der Waals surface area contributed by atoms with Crippen LogP contribution in [0.2, 0.25) is 0 Å². The molecule has 0 aliphatic carbocycles. The van der Waals surface area contributed by atoms with Crippen LogP contribution < -0.4 is 5.32 Å². The fourth-order valence-corrected chi connectivity index (χ4v) is 2.14. The van der Waals surface area contributed by atoms with Gasteiger partial charge in [-0.3, -0.25) is 9.59 Å². The van der Waals surface area contributed by atoms with Gasteiger partial charge in [-0.2, -0.15) is 0 Å². The normalized spacial score (nSPS) is 11.9. The first-order chi connectivity index (χ1) is 11.3. The van der Waals surface area contributed by atoms with Gasteiger partial charge in [-0.15, -0.1) is 0 Å². The fourth-order valence-electron chi connectivity index (χ4n) is 2.14. The second kappa shape index (κ2) is 7.25. The van der Waals surface area contributed by atoms with Crippen molar-refractivity contribution in [3.8, 4) is 0 Å². The predicted octanol–water partition coefficient (Wildman–Crippen LogP) is 3.63. The number of hydrogen-bond acceptors (Lipinski definition) is 2. The van der Waals surface area contributed by atoms with Crippen molar-refractivity contribution in [1.29, 1.82) is 0 Å². The van der Waals surface area contributed by atoms with E-state index in [0.717, 1.165) is 0 Å². The van der Waals surface area contributed by atoms with E-state index in [4.69, 9.17) is 0 Å². The molecule has 0 unspecified atom stereocenters. The van der Waals surface area contributed by atoms with Gasteiger partial charge in [0.2, 0.25) is 0 Å². The highest BCUT2D eigenvalue weighted by molar-refractivity contribution is 5.98. The van der Waals surface area contributed by atoms with Gasteiger partial charge in [-0.25, -0.2) is 17.6 Å². The molecule has 0 fully saturated rings. The minimum absolute atomic E-state index is 0.0177. The van der Waals surface area contributed by atoms with Gasteiger partial charge < -0.3 is 5.32 Å². The summed E-state index contributed by atoms with van der Waals surface area (Å²) in [5.41, 5.74) is -0.945. The average Bonchev–Trinajstić information content (AvgIpc) is 2.54. The first kappa shape index (κ1) is 17.7. The Balaban J connectivity index is 2.11. The minimum atomic E-state index is -1.78. The van der Waals surface area contributed by atoms with E-state index in [-0.39, 0.29) is 18.3 Å². The Hall–Kier alpha value is -2.70. The molecule has 2 aromatic carbocycles. The van der Waals surface area contributed by atoms with Crippen LogP contribution in [0, 0.1) is 23.3 Å². The Morgan fingerprint density at radius 3 is 2.08 bits per heavy atom. The highest BCUT2D eigenvalue weighted by Crippen LogP contribution is 2.19. The van der Waals surface area contributed by atoms with E-state index in [1.165, 1.54) is 6.92 Å². The summed E-state index contributed by atoms with van der Waals surface area (Å²) in [4.78, 5) is 23.9. The zero-order valence-electron chi connectivity index (χ0n) is 12.6. The highest BCUT2D eigenvalue weighted by atomic mass is 19.2. The molecule has 0 aliphatic rings. The lowest BCUT2D eigenvalue weighted by Gasteiger charge is -2.14. The standard InChI is InChI=1S/C17H13F4NO2/c1-9(7-13(23)10-5-3-2-4-6-10)22-17(24)14-15(20)11(18)8-12(19)16(14)21/h2-6,8-9H,7H2,1H3,(H,22,24)/t9-/m1/s1. The number of carbonyl (C=O) groups excluding carboxylic acids is 2. The quantitative estimate of drug-likeness (QED) is 0.514. The monoisotopic (exact) mass is 339 g/mol. The first-order valence-electron chi connectivity index (χ1n) is 7.03. The van der Waals surface area contributed by atoms with E-state index in [1.54, 1.807) is 30.3 Å². The second-order valence-corrected chi connectivity index (χ2v) is 5.21. The molecule has 0 aliphatic heterocycles. The number of rotatable bonds is 5. The molecule has 24 heavy (non-hydrogen) atoms. The van der Waals surface area contributed by atoms with Crippen LogP contribution in [0.25, 0.3) is 0 Å². The van der Waals surface area contributed by atoms with Crippen molar-refractivity contribution >= 4 is 11.7 Å². The molecule has 0 bridgehead atoms. The molecule has 1 atom stereocenters. The maximum atomic E-state index is 13.6. The Kier molecular flexibility index (Phi) is 5.33. The number of Topliss-reactive ketones (excluding diaryl/α,β-unsaturated/α-hetero) is 1. The topological polar surface area (TPSA) is 46.2 Å². The molecule has 3 nitrogen and oxygen atoms in total. The van der Waals surface area contributed by atoms with Crippen LogP contribution in [0.5, 0.6) is 0 Å². The molecule has 1 amide bonds. The number of ketones is 1. The third-order valence-corrected chi connectivity index (χ3v) is 3.30. The van der Waals surface area contributed by atoms with Crippen LogP contribution in [0.3, 0.4) is 0 Å². The van der Waals surface area contributed by atoms with Crippen LogP contribution in [0.4, 0.5) is 17.6 Å². The van der Waals surface area contributed by atoms with Gasteiger partial charge in [-0.05, 0) is 6.92 Å². The minimum Gasteiger partial charge on any atom is -0.349 e. The number of halogens is 4.